The second kappa shape index (κ2) is 6.17. The van der Waals surface area contributed by atoms with Gasteiger partial charge in [-0.05, 0) is 20.3 Å². The maximum absolute atomic E-state index is 5.40. The molecule has 1 aromatic rings. The van der Waals surface area contributed by atoms with Crippen molar-refractivity contribution in [3.63, 3.8) is 0 Å². The predicted octanol–water partition coefficient (Wildman–Crippen LogP) is 2.20. The van der Waals surface area contributed by atoms with Crippen LogP contribution >= 0.6 is 0 Å². The summed E-state index contributed by atoms with van der Waals surface area (Å²) in [5.74, 6) is 0. The van der Waals surface area contributed by atoms with Crippen LogP contribution in [0.5, 0.6) is 0 Å². The van der Waals surface area contributed by atoms with E-state index in [1.54, 1.807) is 7.11 Å². The minimum absolute atomic E-state index is 0.0688. The van der Waals surface area contributed by atoms with Crippen LogP contribution in [0.25, 0.3) is 0 Å². The lowest BCUT2D eigenvalue weighted by molar-refractivity contribution is 0.0120. The van der Waals surface area contributed by atoms with E-state index in [-0.39, 0.29) is 5.60 Å². The molecular weight excluding hydrogens is 214 g/mol. The van der Waals surface area contributed by atoms with Gasteiger partial charge in [-0.1, -0.05) is 13.8 Å². The number of methoxy groups -OCH3 is 1. The van der Waals surface area contributed by atoms with Gasteiger partial charge in [-0.2, -0.15) is 0 Å². The fourth-order valence-corrected chi connectivity index (χ4v) is 1.43. The van der Waals surface area contributed by atoms with Crippen LogP contribution in [0.2, 0.25) is 0 Å². The first-order valence-corrected chi connectivity index (χ1v) is 6.22. The topological polar surface area (TPSA) is 39.1 Å². The van der Waals surface area contributed by atoms with Crippen molar-refractivity contribution in [3.8, 4) is 0 Å². The Balaban J connectivity index is 2.40. The lowest BCUT2D eigenvalue weighted by Crippen LogP contribution is -2.24. The fraction of sp³-hybridized carbons (Fsp3) is 0.769. The molecule has 0 unspecified atom stereocenters. The van der Waals surface area contributed by atoms with Crippen LogP contribution < -0.4 is 5.32 Å². The molecule has 1 aromatic heterocycles. The lowest BCUT2D eigenvalue weighted by atomic mass is 10.1. The maximum atomic E-state index is 5.40. The Hall–Kier alpha value is -0.870. The van der Waals surface area contributed by atoms with Crippen molar-refractivity contribution in [2.24, 2.45) is 0 Å². The van der Waals surface area contributed by atoms with Gasteiger partial charge in [0.05, 0.1) is 17.6 Å². The standard InChI is InChI=1S/C13H25N3O/c1-11(2)14-8-12-9-16(10-15-12)7-6-13(3,4)17-5/h9-11,14H,6-8H2,1-5H3. The molecule has 0 amide bonds. The summed E-state index contributed by atoms with van der Waals surface area (Å²) in [6.07, 6.45) is 4.97. The molecule has 0 aliphatic heterocycles. The molecule has 17 heavy (non-hydrogen) atoms. The third-order valence-corrected chi connectivity index (χ3v) is 2.90. The molecule has 0 fully saturated rings. The largest absolute Gasteiger partial charge is 0.379 e. The molecule has 0 aliphatic carbocycles. The molecule has 0 atom stereocenters. The van der Waals surface area contributed by atoms with E-state index >= 15 is 0 Å². The maximum Gasteiger partial charge on any atom is 0.0949 e. The molecular formula is C13H25N3O. The molecule has 0 radical (unpaired) electrons. The zero-order valence-corrected chi connectivity index (χ0v) is 11.7. The molecule has 4 heteroatoms. The number of nitrogens with one attached hydrogen (secondary N) is 1. The van der Waals surface area contributed by atoms with Gasteiger partial charge in [-0.3, -0.25) is 0 Å². The third-order valence-electron chi connectivity index (χ3n) is 2.90. The van der Waals surface area contributed by atoms with E-state index in [9.17, 15) is 0 Å². The highest BCUT2D eigenvalue weighted by Gasteiger charge is 2.15. The fourth-order valence-electron chi connectivity index (χ4n) is 1.43. The molecule has 1 N–H and O–H groups in total. The van der Waals surface area contributed by atoms with Crippen molar-refractivity contribution in [3.05, 3.63) is 18.2 Å². The van der Waals surface area contributed by atoms with Crippen LogP contribution in [0.15, 0.2) is 12.5 Å². The Kier molecular flexibility index (Phi) is 5.15. The number of hydrogen-bond donors (Lipinski definition) is 1. The molecule has 0 saturated heterocycles. The highest BCUT2D eigenvalue weighted by Crippen LogP contribution is 2.14. The molecule has 4 nitrogen and oxygen atoms in total. The minimum atomic E-state index is -0.0688. The summed E-state index contributed by atoms with van der Waals surface area (Å²) < 4.78 is 7.52. The smallest absolute Gasteiger partial charge is 0.0949 e. The average molecular weight is 239 g/mol. The van der Waals surface area contributed by atoms with Crippen molar-refractivity contribution in [1.29, 1.82) is 0 Å². The van der Waals surface area contributed by atoms with Gasteiger partial charge < -0.3 is 14.6 Å². The van der Waals surface area contributed by atoms with Crippen LogP contribution in [-0.4, -0.2) is 28.3 Å². The second-order valence-corrected chi connectivity index (χ2v) is 5.35. The first kappa shape index (κ1) is 14.2. The number of aryl methyl sites for hydroxylation is 1. The molecule has 0 bridgehead atoms. The summed E-state index contributed by atoms with van der Waals surface area (Å²) in [6, 6.07) is 0.493. The van der Waals surface area contributed by atoms with Gasteiger partial charge >= 0.3 is 0 Å². The third kappa shape index (κ3) is 5.33. The van der Waals surface area contributed by atoms with Crippen molar-refractivity contribution >= 4 is 0 Å². The minimum Gasteiger partial charge on any atom is -0.379 e. The Labute approximate surface area is 104 Å². The number of imidazole rings is 1. The zero-order valence-electron chi connectivity index (χ0n) is 11.7. The van der Waals surface area contributed by atoms with Gasteiger partial charge in [0.15, 0.2) is 0 Å². The molecule has 0 saturated carbocycles. The number of rotatable bonds is 7. The van der Waals surface area contributed by atoms with Crippen LogP contribution in [-0.2, 0) is 17.8 Å². The van der Waals surface area contributed by atoms with Crippen molar-refractivity contribution in [1.82, 2.24) is 14.9 Å². The summed E-state index contributed by atoms with van der Waals surface area (Å²) in [6.45, 7) is 10.3. The number of nitrogens with zero attached hydrogens (tertiary/aromatic N) is 2. The summed E-state index contributed by atoms with van der Waals surface area (Å²) in [5, 5.41) is 3.36. The molecule has 1 heterocycles. The Morgan fingerprint density at radius 3 is 2.76 bits per heavy atom. The molecule has 1 rings (SSSR count). The van der Waals surface area contributed by atoms with Gasteiger partial charge in [0.1, 0.15) is 0 Å². The number of ether oxygens (including phenoxy) is 1. The number of aromatic nitrogens is 2. The van der Waals surface area contributed by atoms with Gasteiger partial charge in [0.25, 0.3) is 0 Å². The Morgan fingerprint density at radius 1 is 1.47 bits per heavy atom. The van der Waals surface area contributed by atoms with E-state index in [0.717, 1.165) is 25.2 Å². The Morgan fingerprint density at radius 2 is 2.18 bits per heavy atom. The molecule has 0 spiro atoms. The van der Waals surface area contributed by atoms with E-state index in [4.69, 9.17) is 4.74 Å². The van der Waals surface area contributed by atoms with Crippen molar-refractivity contribution in [2.75, 3.05) is 7.11 Å². The van der Waals surface area contributed by atoms with Gasteiger partial charge in [-0.25, -0.2) is 4.98 Å². The van der Waals surface area contributed by atoms with E-state index in [1.807, 2.05) is 6.33 Å². The monoisotopic (exact) mass is 239 g/mol. The molecule has 98 valence electrons. The molecule has 0 aromatic carbocycles. The SMILES string of the molecule is COC(C)(C)CCn1cnc(CNC(C)C)c1. The van der Waals surface area contributed by atoms with Crippen LogP contribution in [0.1, 0.15) is 39.8 Å². The first-order chi connectivity index (χ1) is 7.93. The highest BCUT2D eigenvalue weighted by atomic mass is 16.5. The Bertz CT molecular complexity index is 331. The summed E-state index contributed by atoms with van der Waals surface area (Å²) >= 11 is 0. The van der Waals surface area contributed by atoms with Crippen molar-refractivity contribution in [2.45, 2.75) is 58.8 Å². The van der Waals surface area contributed by atoms with Gasteiger partial charge in [-0.15, -0.1) is 0 Å². The van der Waals surface area contributed by atoms with E-state index in [1.165, 1.54) is 0 Å². The average Bonchev–Trinajstić information content (AvgIpc) is 2.72. The van der Waals surface area contributed by atoms with Crippen molar-refractivity contribution < 1.29 is 4.74 Å². The first-order valence-electron chi connectivity index (χ1n) is 6.22. The summed E-state index contributed by atoms with van der Waals surface area (Å²) in [5.41, 5.74) is 1.02. The van der Waals surface area contributed by atoms with Crippen LogP contribution in [0, 0.1) is 0 Å². The lowest BCUT2D eigenvalue weighted by Gasteiger charge is -2.22. The van der Waals surface area contributed by atoms with Gasteiger partial charge in [0, 0.05) is 32.4 Å². The van der Waals surface area contributed by atoms with Gasteiger partial charge in [0.2, 0.25) is 0 Å². The molecule has 0 aliphatic rings. The van der Waals surface area contributed by atoms with Crippen LogP contribution in [0.4, 0.5) is 0 Å². The van der Waals surface area contributed by atoms with E-state index in [0.29, 0.717) is 6.04 Å². The summed E-state index contributed by atoms with van der Waals surface area (Å²) in [7, 11) is 1.76. The van der Waals surface area contributed by atoms with Crippen LogP contribution in [0.3, 0.4) is 0 Å². The van der Waals surface area contributed by atoms with E-state index < -0.39 is 0 Å². The normalized spacial score (nSPS) is 12.4. The van der Waals surface area contributed by atoms with E-state index in [2.05, 4.69) is 48.8 Å². The zero-order chi connectivity index (χ0) is 12.9. The predicted molar refractivity (Wildman–Crippen MR) is 69.9 cm³/mol. The second-order valence-electron chi connectivity index (χ2n) is 5.35. The quantitative estimate of drug-likeness (QED) is 0.793. The summed E-state index contributed by atoms with van der Waals surface area (Å²) in [4.78, 5) is 4.37. The number of hydrogen-bond acceptors (Lipinski definition) is 3. The highest BCUT2D eigenvalue weighted by molar-refractivity contribution is 4.96.